The van der Waals surface area contributed by atoms with Gasteiger partial charge >= 0.3 is 0 Å². The van der Waals surface area contributed by atoms with E-state index < -0.39 is 12.1 Å². The van der Waals surface area contributed by atoms with E-state index in [1.54, 1.807) is 17.0 Å². The lowest BCUT2D eigenvalue weighted by Crippen LogP contribution is -2.57. The molecule has 3 aliphatic rings. The molecule has 7 nitrogen and oxygen atoms in total. The molecule has 0 aliphatic carbocycles. The van der Waals surface area contributed by atoms with E-state index in [0.717, 1.165) is 12.0 Å². The number of likely N-dealkylation sites (tertiary alicyclic amines) is 3. The molecule has 5 atom stereocenters. The number of fused-ring (bicyclic) bond motifs is 2. The van der Waals surface area contributed by atoms with Crippen LogP contribution in [0.4, 0.5) is 4.39 Å². The van der Waals surface area contributed by atoms with Crippen LogP contribution in [0.5, 0.6) is 0 Å². The van der Waals surface area contributed by atoms with E-state index in [9.17, 15) is 19.2 Å². The first-order valence-electron chi connectivity index (χ1n) is 11.1. The predicted octanol–water partition coefficient (Wildman–Crippen LogP) is 1.65. The summed E-state index contributed by atoms with van der Waals surface area (Å²) in [6.45, 7) is 5.69. The van der Waals surface area contributed by atoms with E-state index in [0.29, 0.717) is 32.5 Å². The number of carbonyl (C=O) groups excluding carboxylic acids is 2. The number of hydrogen-bond acceptors (Lipinski definition) is 5. The molecule has 8 heteroatoms. The number of benzene rings is 1. The van der Waals surface area contributed by atoms with E-state index in [2.05, 4.69) is 19.9 Å². The SMILES string of the molecule is CC(C)[C@@H](c1ccc(F)cc1)N1C(=O)C2C[C@H]1CN2CC(N)C(=O)N1CCCC1C#N. The van der Waals surface area contributed by atoms with Crippen molar-refractivity contribution in [2.75, 3.05) is 19.6 Å². The monoisotopic (exact) mass is 427 g/mol. The number of nitriles is 1. The maximum atomic E-state index is 13.4. The summed E-state index contributed by atoms with van der Waals surface area (Å²) in [5.41, 5.74) is 7.15. The number of piperazine rings is 1. The molecule has 0 radical (unpaired) electrons. The molecule has 3 fully saturated rings. The maximum absolute atomic E-state index is 13.4. The molecular formula is C23H30FN5O2. The van der Waals surface area contributed by atoms with Gasteiger partial charge in [0.05, 0.1) is 24.2 Å². The van der Waals surface area contributed by atoms with Crippen LogP contribution in [0.25, 0.3) is 0 Å². The number of amides is 2. The van der Waals surface area contributed by atoms with E-state index in [1.165, 1.54) is 12.1 Å². The van der Waals surface area contributed by atoms with Gasteiger partial charge in [0.1, 0.15) is 11.9 Å². The lowest BCUT2D eigenvalue weighted by Gasteiger charge is -2.41. The summed E-state index contributed by atoms with van der Waals surface area (Å²) in [5.74, 6) is -0.261. The topological polar surface area (TPSA) is 93.7 Å². The number of nitrogens with zero attached hydrogens (tertiary/aromatic N) is 4. The van der Waals surface area contributed by atoms with Gasteiger partial charge in [-0.15, -0.1) is 0 Å². The van der Waals surface area contributed by atoms with Crippen LogP contribution in [0.2, 0.25) is 0 Å². The van der Waals surface area contributed by atoms with Crippen LogP contribution in [-0.2, 0) is 9.59 Å². The van der Waals surface area contributed by atoms with Crippen LogP contribution in [0, 0.1) is 23.1 Å². The van der Waals surface area contributed by atoms with Gasteiger partial charge < -0.3 is 15.5 Å². The van der Waals surface area contributed by atoms with Crippen molar-refractivity contribution < 1.29 is 14.0 Å². The van der Waals surface area contributed by atoms with Gasteiger partial charge in [-0.25, -0.2) is 4.39 Å². The summed E-state index contributed by atoms with van der Waals surface area (Å²) in [4.78, 5) is 31.6. The third-order valence-electron chi connectivity index (χ3n) is 6.89. The molecule has 2 N–H and O–H groups in total. The lowest BCUT2D eigenvalue weighted by atomic mass is 9.93. The van der Waals surface area contributed by atoms with Crippen molar-refractivity contribution in [1.82, 2.24) is 14.7 Å². The average molecular weight is 428 g/mol. The average Bonchev–Trinajstić information content (AvgIpc) is 3.44. The first-order valence-corrected chi connectivity index (χ1v) is 11.1. The molecule has 31 heavy (non-hydrogen) atoms. The van der Waals surface area contributed by atoms with Gasteiger partial charge in [-0.1, -0.05) is 26.0 Å². The second kappa shape index (κ2) is 8.56. The number of nitrogens with two attached hydrogens (primary N) is 1. The molecule has 166 valence electrons. The zero-order valence-corrected chi connectivity index (χ0v) is 18.1. The molecule has 1 aromatic carbocycles. The highest BCUT2D eigenvalue weighted by molar-refractivity contribution is 5.87. The fourth-order valence-corrected chi connectivity index (χ4v) is 5.49. The van der Waals surface area contributed by atoms with Crippen molar-refractivity contribution in [2.24, 2.45) is 11.7 Å². The molecule has 0 saturated carbocycles. The number of hydrogen-bond donors (Lipinski definition) is 1. The fraction of sp³-hybridized carbons (Fsp3) is 0.609. The molecular weight excluding hydrogens is 397 g/mol. The highest BCUT2D eigenvalue weighted by Crippen LogP contribution is 2.41. The first kappa shape index (κ1) is 21.7. The van der Waals surface area contributed by atoms with Crippen molar-refractivity contribution in [1.29, 1.82) is 5.26 Å². The van der Waals surface area contributed by atoms with Gasteiger partial charge in [-0.2, -0.15) is 5.26 Å². The molecule has 3 saturated heterocycles. The smallest absolute Gasteiger partial charge is 0.241 e. The van der Waals surface area contributed by atoms with Gasteiger partial charge in [-0.05, 0) is 42.9 Å². The largest absolute Gasteiger partial charge is 0.330 e. The molecule has 4 rings (SSSR count). The summed E-state index contributed by atoms with van der Waals surface area (Å²) in [5, 5.41) is 9.24. The Kier molecular flexibility index (Phi) is 6.00. The summed E-state index contributed by atoms with van der Waals surface area (Å²) >= 11 is 0. The quantitative estimate of drug-likeness (QED) is 0.745. The van der Waals surface area contributed by atoms with Crippen LogP contribution in [-0.4, -0.2) is 70.3 Å². The summed E-state index contributed by atoms with van der Waals surface area (Å²) in [6, 6.07) is 7.09. The highest BCUT2D eigenvalue weighted by atomic mass is 19.1. The molecule has 0 spiro atoms. The Morgan fingerprint density at radius 3 is 2.65 bits per heavy atom. The van der Waals surface area contributed by atoms with E-state index >= 15 is 0 Å². The van der Waals surface area contributed by atoms with Crippen molar-refractivity contribution >= 4 is 11.8 Å². The minimum Gasteiger partial charge on any atom is -0.330 e. The van der Waals surface area contributed by atoms with Gasteiger partial charge in [0.25, 0.3) is 0 Å². The van der Waals surface area contributed by atoms with Crippen LogP contribution in [0.1, 0.15) is 44.7 Å². The van der Waals surface area contributed by atoms with Crippen molar-refractivity contribution in [3.63, 3.8) is 0 Å². The van der Waals surface area contributed by atoms with Crippen molar-refractivity contribution in [3.8, 4) is 6.07 Å². The number of carbonyl (C=O) groups is 2. The van der Waals surface area contributed by atoms with Gasteiger partial charge in [0.2, 0.25) is 11.8 Å². The Hall–Kier alpha value is -2.50. The van der Waals surface area contributed by atoms with Crippen LogP contribution in [0.3, 0.4) is 0 Å². The summed E-state index contributed by atoms with van der Waals surface area (Å²) in [7, 11) is 0. The second-order valence-electron chi connectivity index (χ2n) is 9.27. The summed E-state index contributed by atoms with van der Waals surface area (Å²) in [6.07, 6.45) is 2.23. The number of rotatable bonds is 6. The Morgan fingerprint density at radius 2 is 2.03 bits per heavy atom. The fourth-order valence-electron chi connectivity index (χ4n) is 5.49. The normalized spacial score (nSPS) is 27.7. The molecule has 1 aromatic rings. The Balaban J connectivity index is 1.44. The van der Waals surface area contributed by atoms with Gasteiger partial charge in [0.15, 0.2) is 0 Å². The lowest BCUT2D eigenvalue weighted by molar-refractivity contribution is -0.142. The van der Waals surface area contributed by atoms with E-state index in [-0.39, 0.29) is 41.7 Å². The Labute approximate surface area is 182 Å². The van der Waals surface area contributed by atoms with Gasteiger partial charge in [0, 0.05) is 25.7 Å². The standard InChI is InChI=1S/C23H30FN5O2/c1-14(2)21(15-5-7-16(24)8-6-15)29-18-10-20(23(29)31)27(12-18)13-19(26)22(30)28-9-3-4-17(28)11-25/h5-8,14,17-21H,3-4,9-10,12-13,26H2,1-2H3/t17?,18-,19?,20?,21-/m0/s1. The minimum absolute atomic E-state index is 0.0509. The minimum atomic E-state index is -0.743. The van der Waals surface area contributed by atoms with Crippen LogP contribution >= 0.6 is 0 Å². The van der Waals surface area contributed by atoms with Crippen molar-refractivity contribution in [2.45, 2.75) is 63.3 Å². The molecule has 3 unspecified atom stereocenters. The first-order chi connectivity index (χ1) is 14.8. The Bertz CT molecular complexity index is 883. The second-order valence-corrected chi connectivity index (χ2v) is 9.27. The van der Waals surface area contributed by atoms with Crippen LogP contribution < -0.4 is 5.73 Å². The van der Waals surface area contributed by atoms with E-state index in [1.807, 2.05) is 9.80 Å². The maximum Gasteiger partial charge on any atom is 0.241 e. The van der Waals surface area contributed by atoms with Crippen LogP contribution in [0.15, 0.2) is 24.3 Å². The third-order valence-corrected chi connectivity index (χ3v) is 6.89. The predicted molar refractivity (Wildman–Crippen MR) is 113 cm³/mol. The zero-order valence-electron chi connectivity index (χ0n) is 18.1. The highest BCUT2D eigenvalue weighted by Gasteiger charge is 2.52. The van der Waals surface area contributed by atoms with E-state index in [4.69, 9.17) is 5.73 Å². The molecule has 3 heterocycles. The molecule has 2 amide bonds. The Morgan fingerprint density at radius 1 is 1.32 bits per heavy atom. The van der Waals surface area contributed by atoms with Gasteiger partial charge in [-0.3, -0.25) is 14.5 Å². The molecule has 0 aromatic heterocycles. The zero-order chi connectivity index (χ0) is 22.3. The summed E-state index contributed by atoms with van der Waals surface area (Å²) < 4.78 is 13.4. The molecule has 3 aliphatic heterocycles. The molecule has 2 bridgehead atoms. The van der Waals surface area contributed by atoms with Crippen molar-refractivity contribution in [3.05, 3.63) is 35.6 Å². The number of halogens is 1. The third kappa shape index (κ3) is 3.92.